The van der Waals surface area contributed by atoms with Gasteiger partial charge in [0, 0.05) is 28.0 Å². The first kappa shape index (κ1) is 20.2. The van der Waals surface area contributed by atoms with Crippen molar-refractivity contribution in [1.82, 2.24) is 4.98 Å². The molecule has 154 valence electrons. The summed E-state index contributed by atoms with van der Waals surface area (Å²) in [5, 5.41) is 1.48. The first-order chi connectivity index (χ1) is 14.6. The highest BCUT2D eigenvalue weighted by Gasteiger charge is 2.27. The summed E-state index contributed by atoms with van der Waals surface area (Å²) in [7, 11) is 0. The van der Waals surface area contributed by atoms with Gasteiger partial charge in [-0.2, -0.15) is 0 Å². The zero-order valence-corrected chi connectivity index (χ0v) is 17.7. The van der Waals surface area contributed by atoms with Crippen molar-refractivity contribution in [1.29, 1.82) is 0 Å². The minimum atomic E-state index is -0.481. The van der Waals surface area contributed by atoms with Crippen LogP contribution < -0.4 is 0 Å². The molecule has 2 aromatic carbocycles. The van der Waals surface area contributed by atoms with Crippen LogP contribution in [0.15, 0.2) is 54.5 Å². The SMILES string of the molecule is CCOC(=O)C(=C1OCCCO1)c1cc(-c2ccc(Cl)cc2)nc2ccc(C)cc12. The van der Waals surface area contributed by atoms with E-state index in [2.05, 4.69) is 0 Å². The number of aromatic nitrogens is 1. The van der Waals surface area contributed by atoms with Gasteiger partial charge in [-0.1, -0.05) is 35.4 Å². The van der Waals surface area contributed by atoms with Crippen LogP contribution in [0, 0.1) is 6.92 Å². The van der Waals surface area contributed by atoms with Gasteiger partial charge in [-0.3, -0.25) is 0 Å². The molecule has 0 N–H and O–H groups in total. The lowest BCUT2D eigenvalue weighted by Crippen LogP contribution is -2.17. The summed E-state index contributed by atoms with van der Waals surface area (Å²) in [6.45, 7) is 5.01. The number of fused-ring (bicyclic) bond motifs is 1. The minimum Gasteiger partial charge on any atom is -0.465 e. The van der Waals surface area contributed by atoms with E-state index in [4.69, 9.17) is 30.8 Å². The summed E-state index contributed by atoms with van der Waals surface area (Å²) in [5.74, 6) is -0.277. The fourth-order valence-electron chi connectivity index (χ4n) is 3.40. The third-order valence-corrected chi connectivity index (χ3v) is 5.06. The van der Waals surface area contributed by atoms with Gasteiger partial charge in [-0.15, -0.1) is 0 Å². The van der Waals surface area contributed by atoms with Crippen LogP contribution in [0.4, 0.5) is 0 Å². The highest BCUT2D eigenvalue weighted by atomic mass is 35.5. The van der Waals surface area contributed by atoms with Gasteiger partial charge in [0.15, 0.2) is 0 Å². The van der Waals surface area contributed by atoms with Crippen LogP contribution in [0.5, 0.6) is 0 Å². The minimum absolute atomic E-state index is 0.204. The van der Waals surface area contributed by atoms with E-state index in [0.29, 0.717) is 23.8 Å². The topological polar surface area (TPSA) is 57.7 Å². The average molecular weight is 424 g/mol. The molecule has 4 rings (SSSR count). The van der Waals surface area contributed by atoms with E-state index in [9.17, 15) is 4.79 Å². The Hall–Kier alpha value is -3.05. The summed E-state index contributed by atoms with van der Waals surface area (Å²) in [6, 6.07) is 15.3. The van der Waals surface area contributed by atoms with Gasteiger partial charge in [0.25, 0.3) is 5.95 Å². The quantitative estimate of drug-likeness (QED) is 0.407. The zero-order valence-electron chi connectivity index (χ0n) is 16.9. The van der Waals surface area contributed by atoms with Gasteiger partial charge in [0.05, 0.1) is 31.0 Å². The third kappa shape index (κ3) is 4.12. The number of pyridine rings is 1. The average Bonchev–Trinajstić information content (AvgIpc) is 2.75. The maximum absolute atomic E-state index is 13.0. The molecule has 0 spiro atoms. The van der Waals surface area contributed by atoms with E-state index in [-0.39, 0.29) is 18.1 Å². The van der Waals surface area contributed by atoms with Crippen molar-refractivity contribution < 1.29 is 19.0 Å². The summed E-state index contributed by atoms with van der Waals surface area (Å²) >= 11 is 6.05. The van der Waals surface area contributed by atoms with Crippen molar-refractivity contribution in [3.8, 4) is 11.3 Å². The number of nitrogens with zero attached hydrogens (tertiary/aromatic N) is 1. The Morgan fingerprint density at radius 1 is 1.10 bits per heavy atom. The smallest absolute Gasteiger partial charge is 0.346 e. The van der Waals surface area contributed by atoms with Crippen molar-refractivity contribution >= 4 is 34.0 Å². The molecule has 1 aliphatic rings. The molecule has 0 radical (unpaired) electrons. The first-order valence-corrected chi connectivity index (χ1v) is 10.3. The monoisotopic (exact) mass is 423 g/mol. The number of benzene rings is 2. The first-order valence-electron chi connectivity index (χ1n) is 9.91. The Morgan fingerprint density at radius 3 is 2.53 bits per heavy atom. The summed E-state index contributed by atoms with van der Waals surface area (Å²) in [6.07, 6.45) is 0.770. The second-order valence-electron chi connectivity index (χ2n) is 7.02. The molecule has 6 heteroatoms. The Bertz CT molecular complexity index is 1110. The van der Waals surface area contributed by atoms with Crippen LogP contribution in [0.25, 0.3) is 27.7 Å². The van der Waals surface area contributed by atoms with E-state index in [1.165, 1.54) is 0 Å². The maximum atomic E-state index is 13.0. The van der Waals surface area contributed by atoms with Crippen LogP contribution in [0.2, 0.25) is 5.02 Å². The van der Waals surface area contributed by atoms with Gasteiger partial charge in [0.2, 0.25) is 0 Å². The lowest BCUT2D eigenvalue weighted by atomic mass is 9.97. The number of rotatable bonds is 4. The van der Waals surface area contributed by atoms with E-state index in [0.717, 1.165) is 34.1 Å². The van der Waals surface area contributed by atoms with E-state index in [1.807, 2.05) is 55.5 Å². The molecule has 0 unspecified atom stereocenters. The molecule has 0 amide bonds. The molecule has 1 fully saturated rings. The number of ether oxygens (including phenoxy) is 3. The van der Waals surface area contributed by atoms with Gasteiger partial charge >= 0.3 is 5.97 Å². The molecule has 0 saturated carbocycles. The number of halogens is 1. The third-order valence-electron chi connectivity index (χ3n) is 4.81. The van der Waals surface area contributed by atoms with Crippen molar-refractivity contribution in [2.24, 2.45) is 0 Å². The number of aryl methyl sites for hydroxylation is 1. The van der Waals surface area contributed by atoms with E-state index < -0.39 is 5.97 Å². The number of hydrogen-bond acceptors (Lipinski definition) is 5. The van der Waals surface area contributed by atoms with Crippen molar-refractivity contribution in [3.05, 3.63) is 70.6 Å². The molecule has 1 aliphatic heterocycles. The molecule has 2 heterocycles. The number of esters is 1. The highest BCUT2D eigenvalue weighted by molar-refractivity contribution is 6.30. The van der Waals surface area contributed by atoms with Crippen LogP contribution in [-0.2, 0) is 19.0 Å². The van der Waals surface area contributed by atoms with Gasteiger partial charge in [0.1, 0.15) is 5.57 Å². The predicted molar refractivity (Wildman–Crippen MR) is 117 cm³/mol. The molecule has 30 heavy (non-hydrogen) atoms. The lowest BCUT2D eigenvalue weighted by Gasteiger charge is -2.21. The lowest BCUT2D eigenvalue weighted by molar-refractivity contribution is -0.136. The fraction of sp³-hybridized carbons (Fsp3) is 0.250. The van der Waals surface area contributed by atoms with Gasteiger partial charge in [-0.25, -0.2) is 9.78 Å². The predicted octanol–water partition coefficient (Wildman–Crippen LogP) is 5.53. The van der Waals surface area contributed by atoms with Crippen molar-refractivity contribution in [2.75, 3.05) is 19.8 Å². The molecule has 0 atom stereocenters. The maximum Gasteiger partial charge on any atom is 0.346 e. The van der Waals surface area contributed by atoms with Crippen molar-refractivity contribution in [3.63, 3.8) is 0 Å². The molecule has 0 aliphatic carbocycles. The Kier molecular flexibility index (Phi) is 5.91. The molecular weight excluding hydrogens is 402 g/mol. The molecule has 0 bridgehead atoms. The molecule has 1 aromatic heterocycles. The van der Waals surface area contributed by atoms with Crippen LogP contribution in [0.1, 0.15) is 24.5 Å². The van der Waals surface area contributed by atoms with Gasteiger partial charge in [-0.05, 0) is 44.2 Å². The summed E-state index contributed by atoms with van der Waals surface area (Å²) < 4.78 is 16.8. The fourth-order valence-corrected chi connectivity index (χ4v) is 3.52. The largest absolute Gasteiger partial charge is 0.465 e. The second-order valence-corrected chi connectivity index (χ2v) is 7.45. The Labute approximate surface area is 180 Å². The number of hydrogen-bond donors (Lipinski definition) is 0. The van der Waals surface area contributed by atoms with Crippen LogP contribution in [0.3, 0.4) is 0 Å². The second kappa shape index (κ2) is 8.76. The Balaban J connectivity index is 1.99. The summed E-state index contributed by atoms with van der Waals surface area (Å²) in [5.41, 5.74) is 4.39. The summed E-state index contributed by atoms with van der Waals surface area (Å²) in [4.78, 5) is 17.8. The molecule has 3 aromatic rings. The Morgan fingerprint density at radius 2 is 1.83 bits per heavy atom. The molecule has 5 nitrogen and oxygen atoms in total. The van der Waals surface area contributed by atoms with E-state index in [1.54, 1.807) is 6.92 Å². The highest BCUT2D eigenvalue weighted by Crippen LogP contribution is 2.34. The van der Waals surface area contributed by atoms with Crippen LogP contribution in [-0.4, -0.2) is 30.8 Å². The zero-order chi connectivity index (χ0) is 21.1. The van der Waals surface area contributed by atoms with Gasteiger partial charge < -0.3 is 14.2 Å². The molecular formula is C24H22ClNO4. The normalized spacial score (nSPS) is 13.5. The molecule has 1 saturated heterocycles. The van der Waals surface area contributed by atoms with Crippen LogP contribution >= 0.6 is 11.6 Å². The number of carbonyl (C=O) groups excluding carboxylic acids is 1. The standard InChI is InChI=1S/C24H22ClNO4/c1-3-28-23(27)22(24-29-11-4-12-30-24)19-14-21(16-6-8-17(25)9-7-16)26-20-10-5-15(2)13-18(19)20/h5-10,13-14H,3-4,11-12H2,1-2H3. The number of carbonyl (C=O) groups is 1. The van der Waals surface area contributed by atoms with Crippen molar-refractivity contribution in [2.45, 2.75) is 20.3 Å². The van der Waals surface area contributed by atoms with E-state index >= 15 is 0 Å².